The normalized spacial score (nSPS) is 16.8. The molecular formula is C19H38N4O4S. The highest BCUT2D eigenvalue weighted by Crippen LogP contribution is 2.20. The number of carbonyl (C=O) groups excluding carboxylic acids is 1. The molecule has 1 rings (SSSR count). The zero-order chi connectivity index (χ0) is 21.4. The second kappa shape index (κ2) is 10.9. The third kappa shape index (κ3) is 9.61. The fraction of sp³-hybridized carbons (Fsp3) is 0.895. The molecule has 0 aliphatic carbocycles. The van der Waals surface area contributed by atoms with Crippen LogP contribution in [0.1, 0.15) is 47.5 Å². The summed E-state index contributed by atoms with van der Waals surface area (Å²) < 4.78 is 28.1. The Morgan fingerprint density at radius 3 is 2.32 bits per heavy atom. The summed E-state index contributed by atoms with van der Waals surface area (Å²) in [6.45, 7) is 13.6. The van der Waals surface area contributed by atoms with Crippen LogP contribution in [-0.4, -0.2) is 87.1 Å². The Hall–Kier alpha value is -1.51. The van der Waals surface area contributed by atoms with Gasteiger partial charge in [0, 0.05) is 39.0 Å². The van der Waals surface area contributed by atoms with Crippen molar-refractivity contribution in [2.24, 2.45) is 10.9 Å². The predicted octanol–water partition coefficient (Wildman–Crippen LogP) is 1.97. The number of piperidine rings is 1. The van der Waals surface area contributed by atoms with E-state index in [0.29, 0.717) is 19.0 Å². The van der Waals surface area contributed by atoms with Gasteiger partial charge in [0.2, 0.25) is 0 Å². The van der Waals surface area contributed by atoms with E-state index in [1.54, 1.807) is 4.90 Å². The lowest BCUT2D eigenvalue weighted by Crippen LogP contribution is -2.48. The summed E-state index contributed by atoms with van der Waals surface area (Å²) in [5.41, 5.74) is -0.489. The van der Waals surface area contributed by atoms with Crippen LogP contribution >= 0.6 is 0 Å². The Morgan fingerprint density at radius 1 is 1.25 bits per heavy atom. The van der Waals surface area contributed by atoms with E-state index in [4.69, 9.17) is 4.74 Å². The number of amides is 1. The number of ether oxygens (including phenoxy) is 1. The highest BCUT2D eigenvalue weighted by Gasteiger charge is 2.27. The van der Waals surface area contributed by atoms with Gasteiger partial charge < -0.3 is 19.9 Å². The maximum Gasteiger partial charge on any atom is 0.410 e. The largest absolute Gasteiger partial charge is 0.444 e. The average Bonchev–Trinajstić information content (AvgIpc) is 2.57. The molecule has 0 atom stereocenters. The number of nitrogens with zero attached hydrogens (tertiary/aromatic N) is 3. The number of carbonyl (C=O) groups is 1. The van der Waals surface area contributed by atoms with Crippen molar-refractivity contribution in [2.45, 2.75) is 53.1 Å². The van der Waals surface area contributed by atoms with Crippen LogP contribution in [0.3, 0.4) is 0 Å². The molecule has 1 saturated heterocycles. The van der Waals surface area contributed by atoms with Crippen LogP contribution in [0, 0.1) is 5.92 Å². The van der Waals surface area contributed by atoms with Gasteiger partial charge in [-0.3, -0.25) is 4.99 Å². The molecule has 0 spiro atoms. The number of sulfone groups is 1. The molecule has 1 fully saturated rings. The summed E-state index contributed by atoms with van der Waals surface area (Å²) in [5, 5.41) is 3.25. The fourth-order valence-electron chi connectivity index (χ4n) is 3.04. The lowest BCUT2D eigenvalue weighted by Gasteiger charge is -2.36. The minimum atomic E-state index is -3.01. The zero-order valence-corrected chi connectivity index (χ0v) is 19.1. The van der Waals surface area contributed by atoms with Crippen molar-refractivity contribution in [3.8, 4) is 0 Å². The topological polar surface area (TPSA) is 91.3 Å². The predicted molar refractivity (Wildman–Crippen MR) is 113 cm³/mol. The van der Waals surface area contributed by atoms with E-state index in [2.05, 4.69) is 15.2 Å². The number of aliphatic imine (C=N–C) groups is 1. The first-order chi connectivity index (χ1) is 12.9. The van der Waals surface area contributed by atoms with Gasteiger partial charge in [0.05, 0.1) is 12.3 Å². The Morgan fingerprint density at radius 2 is 1.86 bits per heavy atom. The summed E-state index contributed by atoms with van der Waals surface area (Å²) >= 11 is 0. The smallest absolute Gasteiger partial charge is 0.410 e. The molecular weight excluding hydrogens is 380 g/mol. The van der Waals surface area contributed by atoms with Gasteiger partial charge in [-0.2, -0.15) is 0 Å². The van der Waals surface area contributed by atoms with Crippen molar-refractivity contribution in [2.75, 3.05) is 51.3 Å². The molecule has 0 bridgehead atoms. The lowest BCUT2D eigenvalue weighted by atomic mass is 9.96. The summed E-state index contributed by atoms with van der Waals surface area (Å²) in [4.78, 5) is 20.7. The quantitative estimate of drug-likeness (QED) is 0.502. The van der Waals surface area contributed by atoms with E-state index in [0.717, 1.165) is 38.4 Å². The van der Waals surface area contributed by atoms with Gasteiger partial charge in [-0.25, -0.2) is 13.2 Å². The molecule has 0 saturated carbocycles. The van der Waals surface area contributed by atoms with Crippen LogP contribution in [0.15, 0.2) is 4.99 Å². The Kier molecular flexibility index (Phi) is 9.53. The first-order valence-corrected chi connectivity index (χ1v) is 12.2. The van der Waals surface area contributed by atoms with Crippen LogP contribution in [0.4, 0.5) is 4.79 Å². The van der Waals surface area contributed by atoms with Crippen molar-refractivity contribution in [3.63, 3.8) is 0 Å². The minimum Gasteiger partial charge on any atom is -0.444 e. The second-order valence-corrected chi connectivity index (χ2v) is 10.6. The van der Waals surface area contributed by atoms with Crippen molar-refractivity contribution < 1.29 is 17.9 Å². The van der Waals surface area contributed by atoms with E-state index >= 15 is 0 Å². The second-order valence-electron chi connectivity index (χ2n) is 8.31. The summed E-state index contributed by atoms with van der Waals surface area (Å²) in [5.74, 6) is 1.24. The minimum absolute atomic E-state index is 0.0553. The van der Waals surface area contributed by atoms with Gasteiger partial charge in [0.15, 0.2) is 5.96 Å². The molecule has 9 heteroatoms. The van der Waals surface area contributed by atoms with Gasteiger partial charge in [-0.15, -0.1) is 0 Å². The molecule has 1 aliphatic heterocycles. The number of guanidine groups is 1. The molecule has 164 valence electrons. The van der Waals surface area contributed by atoms with Crippen molar-refractivity contribution in [1.29, 1.82) is 0 Å². The molecule has 1 amide bonds. The van der Waals surface area contributed by atoms with E-state index < -0.39 is 15.4 Å². The average molecular weight is 419 g/mol. The molecule has 0 aromatic heterocycles. The van der Waals surface area contributed by atoms with Gasteiger partial charge in [0.25, 0.3) is 0 Å². The van der Waals surface area contributed by atoms with Crippen LogP contribution in [0.25, 0.3) is 0 Å². The standard InChI is InChI=1S/C19H38N4O4S/c1-7-20-17(21-11-14-28(6,25)26)23-12-9-16(10-13-23)15-22(8-2)18(24)27-19(3,4)5/h16H,7-15H2,1-6H3,(H,20,21). The SMILES string of the molecule is CCNC(=NCCS(C)(=O)=O)N1CCC(CN(CC)C(=O)OC(C)(C)C)CC1. The summed E-state index contributed by atoms with van der Waals surface area (Å²) in [7, 11) is -3.01. The van der Waals surface area contributed by atoms with Crippen molar-refractivity contribution in [1.82, 2.24) is 15.1 Å². The molecule has 0 aromatic rings. The molecule has 1 N–H and O–H groups in total. The monoisotopic (exact) mass is 418 g/mol. The molecule has 0 unspecified atom stereocenters. The van der Waals surface area contributed by atoms with Gasteiger partial charge >= 0.3 is 6.09 Å². The van der Waals surface area contributed by atoms with Gasteiger partial charge in [0.1, 0.15) is 15.4 Å². The highest BCUT2D eigenvalue weighted by molar-refractivity contribution is 7.90. The van der Waals surface area contributed by atoms with E-state index in [1.165, 1.54) is 6.26 Å². The summed E-state index contributed by atoms with van der Waals surface area (Å²) in [6, 6.07) is 0. The highest BCUT2D eigenvalue weighted by atomic mass is 32.2. The van der Waals surface area contributed by atoms with E-state index in [1.807, 2.05) is 34.6 Å². The van der Waals surface area contributed by atoms with Crippen LogP contribution in [0.2, 0.25) is 0 Å². The molecule has 1 aliphatic rings. The zero-order valence-electron chi connectivity index (χ0n) is 18.3. The molecule has 1 heterocycles. The maximum absolute atomic E-state index is 12.3. The van der Waals surface area contributed by atoms with Crippen LogP contribution < -0.4 is 5.32 Å². The van der Waals surface area contributed by atoms with Crippen molar-refractivity contribution in [3.05, 3.63) is 0 Å². The lowest BCUT2D eigenvalue weighted by molar-refractivity contribution is 0.0214. The Labute approximate surface area is 170 Å². The number of hydrogen-bond acceptors (Lipinski definition) is 5. The first-order valence-electron chi connectivity index (χ1n) is 10.1. The maximum atomic E-state index is 12.3. The number of rotatable bonds is 7. The number of likely N-dealkylation sites (tertiary alicyclic amines) is 1. The van der Waals surface area contributed by atoms with E-state index in [-0.39, 0.29) is 18.4 Å². The Bertz CT molecular complexity index is 620. The molecule has 28 heavy (non-hydrogen) atoms. The number of nitrogens with one attached hydrogen (secondary N) is 1. The Balaban J connectivity index is 2.59. The molecule has 0 radical (unpaired) electrons. The third-order valence-electron chi connectivity index (χ3n) is 4.48. The van der Waals surface area contributed by atoms with Crippen molar-refractivity contribution >= 4 is 21.9 Å². The van der Waals surface area contributed by atoms with E-state index in [9.17, 15) is 13.2 Å². The fourth-order valence-corrected chi connectivity index (χ4v) is 3.46. The molecule has 0 aromatic carbocycles. The first kappa shape index (κ1) is 24.5. The molecule has 8 nitrogen and oxygen atoms in total. The number of hydrogen-bond donors (Lipinski definition) is 1. The van der Waals surface area contributed by atoms with Gasteiger partial charge in [-0.1, -0.05) is 0 Å². The third-order valence-corrected chi connectivity index (χ3v) is 5.41. The van der Waals surface area contributed by atoms with Crippen LogP contribution in [-0.2, 0) is 14.6 Å². The summed E-state index contributed by atoms with van der Waals surface area (Å²) in [6.07, 6.45) is 2.88. The van der Waals surface area contributed by atoms with Gasteiger partial charge in [-0.05, 0) is 53.4 Å². The van der Waals surface area contributed by atoms with Crippen LogP contribution in [0.5, 0.6) is 0 Å².